The molecule has 6 rings (SSSR count). The average Bonchev–Trinajstić information content (AvgIpc) is 3.47. The van der Waals surface area contributed by atoms with Crippen LogP contribution in [0.15, 0.2) is 114 Å². The van der Waals surface area contributed by atoms with Crippen molar-refractivity contribution in [3.05, 3.63) is 137 Å². The summed E-state index contributed by atoms with van der Waals surface area (Å²) in [5, 5.41) is 7.21. The number of benzene rings is 4. The third-order valence-electron chi connectivity index (χ3n) is 6.64. The Labute approximate surface area is 219 Å². The van der Waals surface area contributed by atoms with Gasteiger partial charge in [-0.15, -0.1) is 0 Å². The van der Waals surface area contributed by atoms with Crippen molar-refractivity contribution < 1.29 is 9.53 Å². The molecule has 0 fully saturated rings. The van der Waals surface area contributed by atoms with E-state index in [1.807, 2.05) is 28.9 Å². The maximum Gasteiger partial charge on any atom is 0.365 e. The van der Waals surface area contributed by atoms with Crippen LogP contribution in [0.4, 0.5) is 5.69 Å². The lowest BCUT2D eigenvalue weighted by Crippen LogP contribution is -2.34. The minimum absolute atomic E-state index is 0.345. The van der Waals surface area contributed by atoms with E-state index >= 15 is 0 Å². The summed E-state index contributed by atoms with van der Waals surface area (Å²) in [5.41, 5.74) is 6.77. The molecule has 4 nitrogen and oxygen atoms in total. The monoisotopic (exact) mass is 508 g/mol. The summed E-state index contributed by atoms with van der Waals surface area (Å²) < 4.78 is 3.91. The van der Waals surface area contributed by atoms with Crippen molar-refractivity contribution in [2.45, 2.75) is 15.9 Å². The van der Waals surface area contributed by atoms with Crippen molar-refractivity contribution in [2.24, 2.45) is 5.10 Å². The van der Waals surface area contributed by atoms with E-state index in [-0.39, 0.29) is 0 Å². The molecular formula is C30H24N2O2S2. The van der Waals surface area contributed by atoms with Crippen LogP contribution in [0.25, 0.3) is 0 Å². The Bertz CT molecular complexity index is 1420. The van der Waals surface area contributed by atoms with Gasteiger partial charge < -0.3 is 4.74 Å². The SMILES string of the molecule is COC(=O)C1=NN(c2ccc(C)cc2)C2(S1)SC(c1ccccc1)(c1ccccc1)c1ccccc12. The molecule has 0 saturated heterocycles. The number of carbonyl (C=O) groups excluding carboxylic acids is 1. The molecule has 2 heterocycles. The van der Waals surface area contributed by atoms with Gasteiger partial charge in [-0.3, -0.25) is 0 Å². The van der Waals surface area contributed by atoms with Crippen molar-refractivity contribution in [1.29, 1.82) is 0 Å². The molecule has 1 spiro atoms. The van der Waals surface area contributed by atoms with Crippen molar-refractivity contribution in [3.8, 4) is 0 Å². The lowest BCUT2D eigenvalue weighted by molar-refractivity contribution is -0.132. The standard InChI is InChI=1S/C30H24N2O2S2/c1-21-17-19-24(20-18-21)32-30(35-27(31-32)28(33)34-2)26-16-10-9-15-25(26)29(36-30,22-11-5-3-6-12-22)23-13-7-4-8-14-23/h3-20H,1-2H3. The first-order valence-corrected chi connectivity index (χ1v) is 13.4. The number of hydrazone groups is 1. The zero-order valence-corrected chi connectivity index (χ0v) is 21.6. The van der Waals surface area contributed by atoms with Crippen LogP contribution in [0, 0.1) is 6.92 Å². The van der Waals surface area contributed by atoms with Gasteiger partial charge in [0.2, 0.25) is 5.04 Å². The molecule has 178 valence electrons. The van der Waals surface area contributed by atoms with Crippen LogP contribution in [0.3, 0.4) is 0 Å². The number of nitrogens with zero attached hydrogens (tertiary/aromatic N) is 2. The number of anilines is 1. The molecular weight excluding hydrogens is 484 g/mol. The Balaban J connectivity index is 1.64. The highest BCUT2D eigenvalue weighted by Crippen LogP contribution is 2.70. The second-order valence-electron chi connectivity index (χ2n) is 8.79. The number of ether oxygens (including phenoxy) is 1. The molecule has 4 aromatic rings. The van der Waals surface area contributed by atoms with Crippen molar-refractivity contribution in [3.63, 3.8) is 0 Å². The number of fused-ring (bicyclic) bond motifs is 2. The second kappa shape index (κ2) is 8.87. The van der Waals surface area contributed by atoms with Gasteiger partial charge in [-0.25, -0.2) is 9.80 Å². The highest BCUT2D eigenvalue weighted by Gasteiger charge is 2.61. The predicted octanol–water partition coefficient (Wildman–Crippen LogP) is 6.88. The lowest BCUT2D eigenvalue weighted by Gasteiger charge is -2.37. The third-order valence-corrected chi connectivity index (χ3v) is 9.92. The number of esters is 1. The van der Waals surface area contributed by atoms with Gasteiger partial charge in [0.05, 0.1) is 17.5 Å². The maximum absolute atomic E-state index is 12.8. The largest absolute Gasteiger partial charge is 0.464 e. The van der Waals surface area contributed by atoms with E-state index in [1.165, 1.54) is 41.1 Å². The molecule has 0 aromatic heterocycles. The van der Waals surface area contributed by atoms with E-state index in [2.05, 4.69) is 104 Å². The summed E-state index contributed by atoms with van der Waals surface area (Å²) in [5.74, 6) is -0.427. The number of hydrogen-bond acceptors (Lipinski definition) is 6. The first kappa shape index (κ1) is 23.0. The molecule has 1 unspecified atom stereocenters. The van der Waals surface area contributed by atoms with Crippen LogP contribution in [0.5, 0.6) is 0 Å². The summed E-state index contributed by atoms with van der Waals surface area (Å²) in [6.45, 7) is 2.07. The molecule has 2 aliphatic heterocycles. The third kappa shape index (κ3) is 3.39. The molecule has 4 aromatic carbocycles. The van der Waals surface area contributed by atoms with Gasteiger partial charge in [0.25, 0.3) is 0 Å². The van der Waals surface area contributed by atoms with E-state index in [0.717, 1.165) is 11.3 Å². The fourth-order valence-electron chi connectivity index (χ4n) is 4.99. The van der Waals surface area contributed by atoms with Gasteiger partial charge in [-0.2, -0.15) is 5.10 Å². The topological polar surface area (TPSA) is 41.9 Å². The molecule has 2 aliphatic rings. The molecule has 0 amide bonds. The highest BCUT2D eigenvalue weighted by molar-refractivity contribution is 8.27. The smallest absolute Gasteiger partial charge is 0.365 e. The molecule has 6 heteroatoms. The maximum atomic E-state index is 12.8. The highest BCUT2D eigenvalue weighted by atomic mass is 32.2. The number of aryl methyl sites for hydroxylation is 1. The Kier molecular flexibility index (Phi) is 5.66. The van der Waals surface area contributed by atoms with Crippen molar-refractivity contribution in [1.82, 2.24) is 0 Å². The zero-order chi connectivity index (χ0) is 24.8. The van der Waals surface area contributed by atoms with Crippen molar-refractivity contribution >= 4 is 40.2 Å². The Morgan fingerprint density at radius 1 is 0.778 bits per heavy atom. The first-order chi connectivity index (χ1) is 17.6. The molecule has 1 atom stereocenters. The molecule has 0 bridgehead atoms. The summed E-state index contributed by atoms with van der Waals surface area (Å²) in [6, 6.07) is 38.0. The number of hydrogen-bond donors (Lipinski definition) is 0. The number of thioether (sulfide) groups is 2. The summed E-state index contributed by atoms with van der Waals surface area (Å²) in [4.78, 5) is 12.8. The van der Waals surface area contributed by atoms with Crippen LogP contribution in [0.1, 0.15) is 27.8 Å². The van der Waals surface area contributed by atoms with Crippen LogP contribution < -0.4 is 5.01 Å². The van der Waals surface area contributed by atoms with Crippen LogP contribution in [-0.4, -0.2) is 18.1 Å². The van der Waals surface area contributed by atoms with Crippen LogP contribution >= 0.6 is 23.5 Å². The molecule has 0 N–H and O–H groups in total. The van der Waals surface area contributed by atoms with Gasteiger partial charge >= 0.3 is 5.97 Å². The van der Waals surface area contributed by atoms with E-state index in [0.29, 0.717) is 5.04 Å². The second-order valence-corrected chi connectivity index (χ2v) is 11.6. The molecule has 0 radical (unpaired) electrons. The molecule has 0 aliphatic carbocycles. The van der Waals surface area contributed by atoms with Gasteiger partial charge in [0, 0.05) is 5.56 Å². The fourth-order valence-corrected chi connectivity index (χ4v) is 8.57. The lowest BCUT2D eigenvalue weighted by atomic mass is 9.82. The first-order valence-electron chi connectivity index (χ1n) is 11.7. The number of methoxy groups -OCH3 is 1. The molecule has 36 heavy (non-hydrogen) atoms. The number of rotatable bonds is 4. The Hall–Kier alpha value is -3.48. The molecule has 0 saturated carbocycles. The zero-order valence-electron chi connectivity index (χ0n) is 19.9. The number of carbonyl (C=O) groups is 1. The predicted molar refractivity (Wildman–Crippen MR) is 149 cm³/mol. The minimum atomic E-state index is -0.707. The van der Waals surface area contributed by atoms with Gasteiger partial charge in [0.15, 0.2) is 4.20 Å². The minimum Gasteiger partial charge on any atom is -0.464 e. The fraction of sp³-hybridized carbons (Fsp3) is 0.133. The van der Waals surface area contributed by atoms with E-state index in [9.17, 15) is 4.79 Å². The van der Waals surface area contributed by atoms with E-state index in [4.69, 9.17) is 9.84 Å². The summed E-state index contributed by atoms with van der Waals surface area (Å²) >= 11 is 3.27. The van der Waals surface area contributed by atoms with Crippen LogP contribution in [0.2, 0.25) is 0 Å². The van der Waals surface area contributed by atoms with Crippen molar-refractivity contribution in [2.75, 3.05) is 12.1 Å². The normalized spacial score (nSPS) is 19.7. The van der Waals surface area contributed by atoms with Crippen LogP contribution in [-0.2, 0) is 18.5 Å². The van der Waals surface area contributed by atoms with Gasteiger partial charge in [0.1, 0.15) is 0 Å². The van der Waals surface area contributed by atoms with E-state index in [1.54, 1.807) is 0 Å². The van der Waals surface area contributed by atoms with Gasteiger partial charge in [-0.1, -0.05) is 126 Å². The van der Waals surface area contributed by atoms with E-state index < -0.39 is 14.9 Å². The van der Waals surface area contributed by atoms with Gasteiger partial charge in [-0.05, 0) is 35.7 Å². The quantitative estimate of drug-likeness (QED) is 0.281. The average molecular weight is 509 g/mol. The Morgan fingerprint density at radius 3 is 1.92 bits per heavy atom. The Morgan fingerprint density at radius 2 is 1.33 bits per heavy atom. The summed E-state index contributed by atoms with van der Waals surface area (Å²) in [7, 11) is 1.40. The summed E-state index contributed by atoms with van der Waals surface area (Å²) in [6.07, 6.45) is 0.